The summed E-state index contributed by atoms with van der Waals surface area (Å²) in [6.07, 6.45) is -10.6. The van der Waals surface area contributed by atoms with Crippen molar-refractivity contribution < 1.29 is 49.0 Å². The number of anilines is 2. The Labute approximate surface area is 190 Å². The standard InChI is InChI=1S/C22H9F9N2O2/c23-16-4-1-12(7-11(16)9-32)33(10-34)20-18(6-3-14(19(20)25)21(26,27)28)35-13-2-5-17(24)15(8-13)22(29,30)31/h1-8,10H. The van der Waals surface area contributed by atoms with E-state index in [1.54, 1.807) is 0 Å². The highest BCUT2D eigenvalue weighted by Gasteiger charge is 2.38. The smallest absolute Gasteiger partial charge is 0.419 e. The Bertz CT molecular complexity index is 1330. The molecule has 0 bridgehead atoms. The van der Waals surface area contributed by atoms with Gasteiger partial charge in [0, 0.05) is 0 Å². The fraction of sp³-hybridized carbons (Fsp3) is 0.0909. The van der Waals surface area contributed by atoms with E-state index in [1.165, 1.54) is 6.07 Å². The largest absolute Gasteiger partial charge is 0.455 e. The summed E-state index contributed by atoms with van der Waals surface area (Å²) in [5, 5.41) is 8.97. The lowest BCUT2D eigenvalue weighted by molar-refractivity contribution is -0.140. The highest BCUT2D eigenvalue weighted by Crippen LogP contribution is 2.44. The third-order valence-corrected chi connectivity index (χ3v) is 4.55. The number of benzene rings is 3. The Morgan fingerprint density at radius 1 is 0.829 bits per heavy atom. The van der Waals surface area contributed by atoms with Crippen molar-refractivity contribution in [2.75, 3.05) is 4.90 Å². The number of alkyl halides is 6. The van der Waals surface area contributed by atoms with E-state index >= 15 is 4.39 Å². The van der Waals surface area contributed by atoms with Crippen LogP contribution in [0.1, 0.15) is 16.7 Å². The summed E-state index contributed by atoms with van der Waals surface area (Å²) in [7, 11) is 0. The minimum atomic E-state index is -5.26. The second-order valence-corrected chi connectivity index (χ2v) is 6.76. The number of rotatable bonds is 5. The molecule has 0 fully saturated rings. The van der Waals surface area contributed by atoms with Crippen molar-refractivity contribution >= 4 is 17.8 Å². The Morgan fingerprint density at radius 2 is 1.46 bits per heavy atom. The quantitative estimate of drug-likeness (QED) is 0.275. The highest BCUT2D eigenvalue weighted by molar-refractivity contribution is 5.90. The molecule has 0 aliphatic heterocycles. The van der Waals surface area contributed by atoms with Gasteiger partial charge in [-0.15, -0.1) is 0 Å². The van der Waals surface area contributed by atoms with Crippen molar-refractivity contribution in [2.24, 2.45) is 0 Å². The van der Waals surface area contributed by atoms with Crippen LogP contribution in [-0.4, -0.2) is 6.41 Å². The lowest BCUT2D eigenvalue weighted by Gasteiger charge is -2.23. The van der Waals surface area contributed by atoms with Gasteiger partial charge in [0.2, 0.25) is 6.41 Å². The van der Waals surface area contributed by atoms with Gasteiger partial charge in [0.1, 0.15) is 29.1 Å². The second-order valence-electron chi connectivity index (χ2n) is 6.76. The van der Waals surface area contributed by atoms with Gasteiger partial charge in [-0.3, -0.25) is 9.69 Å². The predicted octanol–water partition coefficient (Wildman–Crippen LogP) is 7.10. The van der Waals surface area contributed by atoms with Crippen LogP contribution < -0.4 is 9.64 Å². The molecular formula is C22H9F9N2O2. The van der Waals surface area contributed by atoms with Gasteiger partial charge in [-0.1, -0.05) is 0 Å². The maximum absolute atomic E-state index is 15.1. The molecule has 35 heavy (non-hydrogen) atoms. The molecule has 0 heterocycles. The number of carbonyl (C=O) groups excluding carboxylic acids is 1. The van der Waals surface area contributed by atoms with E-state index in [1.807, 2.05) is 0 Å². The van der Waals surface area contributed by atoms with Gasteiger partial charge in [0.15, 0.2) is 11.6 Å². The van der Waals surface area contributed by atoms with Crippen LogP contribution in [0, 0.1) is 28.8 Å². The van der Waals surface area contributed by atoms with Gasteiger partial charge < -0.3 is 4.74 Å². The SMILES string of the molecule is N#Cc1cc(N(C=O)c2c(Oc3ccc(F)c(C(F)(F)F)c3)ccc(C(F)(F)F)c2F)ccc1F. The first-order valence-corrected chi connectivity index (χ1v) is 9.16. The van der Waals surface area contributed by atoms with Crippen LogP contribution in [0.4, 0.5) is 50.9 Å². The molecule has 3 aromatic rings. The molecule has 182 valence electrons. The summed E-state index contributed by atoms with van der Waals surface area (Å²) in [4.78, 5) is 12.0. The topological polar surface area (TPSA) is 53.3 Å². The van der Waals surface area contributed by atoms with Crippen molar-refractivity contribution in [3.63, 3.8) is 0 Å². The molecule has 0 spiro atoms. The van der Waals surface area contributed by atoms with Crippen LogP contribution in [0.25, 0.3) is 0 Å². The lowest BCUT2D eigenvalue weighted by atomic mass is 10.1. The van der Waals surface area contributed by atoms with Gasteiger partial charge in [0.05, 0.1) is 22.4 Å². The first kappa shape index (κ1) is 25.4. The molecule has 0 atom stereocenters. The molecule has 0 unspecified atom stereocenters. The fourth-order valence-electron chi connectivity index (χ4n) is 2.98. The Balaban J connectivity index is 2.23. The van der Waals surface area contributed by atoms with Gasteiger partial charge >= 0.3 is 12.4 Å². The Kier molecular flexibility index (Phi) is 6.68. The zero-order valence-corrected chi connectivity index (χ0v) is 16.8. The number of ether oxygens (including phenoxy) is 1. The second kappa shape index (κ2) is 9.21. The zero-order valence-electron chi connectivity index (χ0n) is 16.8. The molecule has 0 N–H and O–H groups in total. The van der Waals surface area contributed by atoms with Gasteiger partial charge in [-0.05, 0) is 48.5 Å². The molecule has 0 aliphatic carbocycles. The third kappa shape index (κ3) is 5.16. The van der Waals surface area contributed by atoms with E-state index in [-0.39, 0.29) is 23.4 Å². The number of hydrogen-bond donors (Lipinski definition) is 0. The van der Waals surface area contributed by atoms with Crippen LogP contribution in [0.3, 0.4) is 0 Å². The number of carbonyl (C=O) groups is 1. The molecular weight excluding hydrogens is 495 g/mol. The summed E-state index contributed by atoms with van der Waals surface area (Å²) >= 11 is 0. The highest BCUT2D eigenvalue weighted by atomic mass is 19.4. The first-order valence-electron chi connectivity index (χ1n) is 9.16. The zero-order chi connectivity index (χ0) is 26.1. The number of hydrogen-bond acceptors (Lipinski definition) is 3. The molecule has 0 saturated carbocycles. The molecule has 0 aromatic heterocycles. The normalized spacial score (nSPS) is 11.7. The van der Waals surface area contributed by atoms with E-state index in [2.05, 4.69) is 0 Å². The fourth-order valence-corrected chi connectivity index (χ4v) is 2.98. The number of amides is 1. The van der Waals surface area contributed by atoms with Crippen LogP contribution >= 0.6 is 0 Å². The number of nitrogens with zero attached hydrogens (tertiary/aromatic N) is 2. The third-order valence-electron chi connectivity index (χ3n) is 4.55. The van der Waals surface area contributed by atoms with Crippen molar-refractivity contribution in [1.82, 2.24) is 0 Å². The Hall–Kier alpha value is -4.21. The molecule has 3 rings (SSSR count). The predicted molar refractivity (Wildman–Crippen MR) is 102 cm³/mol. The van der Waals surface area contributed by atoms with E-state index in [0.717, 1.165) is 12.1 Å². The summed E-state index contributed by atoms with van der Waals surface area (Å²) in [5.74, 6) is -6.39. The van der Waals surface area contributed by atoms with Gasteiger partial charge in [-0.2, -0.15) is 31.6 Å². The average molecular weight is 504 g/mol. The minimum absolute atomic E-state index is 0.175. The summed E-state index contributed by atoms with van der Waals surface area (Å²) in [5.41, 5.74) is -5.94. The van der Waals surface area contributed by atoms with E-state index in [0.29, 0.717) is 24.3 Å². The van der Waals surface area contributed by atoms with Gasteiger partial charge in [0.25, 0.3) is 0 Å². The maximum atomic E-state index is 15.1. The molecule has 0 saturated heterocycles. The van der Waals surface area contributed by atoms with E-state index in [4.69, 9.17) is 10.00 Å². The number of nitriles is 1. The molecule has 4 nitrogen and oxygen atoms in total. The van der Waals surface area contributed by atoms with Crippen molar-refractivity contribution in [3.05, 3.63) is 82.7 Å². The van der Waals surface area contributed by atoms with E-state index < -0.39 is 69.4 Å². The van der Waals surface area contributed by atoms with Crippen molar-refractivity contribution in [3.8, 4) is 17.6 Å². The molecule has 3 aromatic carbocycles. The van der Waals surface area contributed by atoms with Crippen LogP contribution in [0.15, 0.2) is 48.5 Å². The Morgan fingerprint density at radius 3 is 2.03 bits per heavy atom. The van der Waals surface area contributed by atoms with Crippen LogP contribution in [0.2, 0.25) is 0 Å². The average Bonchev–Trinajstić information content (AvgIpc) is 2.76. The first-order chi connectivity index (χ1) is 16.3. The van der Waals surface area contributed by atoms with Crippen LogP contribution in [0.5, 0.6) is 11.5 Å². The molecule has 1 amide bonds. The maximum Gasteiger partial charge on any atom is 0.419 e. The molecule has 0 radical (unpaired) electrons. The number of halogens is 9. The summed E-state index contributed by atoms with van der Waals surface area (Å²) < 4.78 is 126. The summed E-state index contributed by atoms with van der Waals surface area (Å²) in [6, 6.07) is 5.69. The van der Waals surface area contributed by atoms with Crippen LogP contribution in [-0.2, 0) is 17.1 Å². The minimum Gasteiger partial charge on any atom is -0.455 e. The van der Waals surface area contributed by atoms with Crippen molar-refractivity contribution in [2.45, 2.75) is 12.4 Å². The monoisotopic (exact) mass is 504 g/mol. The van der Waals surface area contributed by atoms with Gasteiger partial charge in [-0.25, -0.2) is 13.2 Å². The summed E-state index contributed by atoms with van der Waals surface area (Å²) in [6.45, 7) is 0. The van der Waals surface area contributed by atoms with Crippen molar-refractivity contribution in [1.29, 1.82) is 5.26 Å². The molecule has 0 aliphatic rings. The van der Waals surface area contributed by atoms with E-state index in [9.17, 15) is 39.9 Å². The lowest BCUT2D eigenvalue weighted by Crippen LogP contribution is -2.19. The molecule has 13 heteroatoms.